The van der Waals surface area contributed by atoms with Crippen molar-refractivity contribution in [2.75, 3.05) is 7.11 Å². The summed E-state index contributed by atoms with van der Waals surface area (Å²) >= 11 is 0. The third-order valence-corrected chi connectivity index (χ3v) is 2.62. The lowest BCUT2D eigenvalue weighted by Crippen LogP contribution is -1.89. The summed E-state index contributed by atoms with van der Waals surface area (Å²) in [4.78, 5) is 0. The molecular formula is C14H14O3. The lowest BCUT2D eigenvalue weighted by molar-refractivity contribution is 0.414. The summed E-state index contributed by atoms with van der Waals surface area (Å²) in [5.74, 6) is 1.15. The van der Waals surface area contributed by atoms with Gasteiger partial charge in [0.2, 0.25) is 0 Å². The minimum absolute atomic E-state index is 0.159. The molecule has 0 fully saturated rings. The van der Waals surface area contributed by atoms with Crippen molar-refractivity contribution >= 4 is 0 Å². The molecule has 0 unspecified atom stereocenters. The molecule has 0 aliphatic rings. The Balaban J connectivity index is 2.22. The first-order valence-corrected chi connectivity index (χ1v) is 5.33. The molecule has 2 aromatic carbocycles. The zero-order valence-corrected chi connectivity index (χ0v) is 9.55. The highest BCUT2D eigenvalue weighted by molar-refractivity contribution is 5.42. The molecule has 0 spiro atoms. The van der Waals surface area contributed by atoms with Gasteiger partial charge in [0.15, 0.2) is 0 Å². The van der Waals surface area contributed by atoms with Crippen molar-refractivity contribution in [3.05, 3.63) is 53.6 Å². The average molecular weight is 230 g/mol. The molecule has 0 radical (unpaired) electrons. The van der Waals surface area contributed by atoms with E-state index in [9.17, 15) is 10.2 Å². The molecule has 0 heterocycles. The van der Waals surface area contributed by atoms with E-state index in [4.69, 9.17) is 4.74 Å². The Morgan fingerprint density at radius 1 is 1.00 bits per heavy atom. The van der Waals surface area contributed by atoms with Crippen LogP contribution >= 0.6 is 0 Å². The number of methoxy groups -OCH3 is 1. The predicted molar refractivity (Wildman–Crippen MR) is 65.6 cm³/mol. The number of ether oxygens (including phenoxy) is 1. The summed E-state index contributed by atoms with van der Waals surface area (Å²) in [7, 11) is 1.62. The maximum absolute atomic E-state index is 9.66. The van der Waals surface area contributed by atoms with Crippen LogP contribution in [0.25, 0.3) is 0 Å². The van der Waals surface area contributed by atoms with Crippen molar-refractivity contribution in [3.63, 3.8) is 0 Å². The Bertz CT molecular complexity index is 503. The van der Waals surface area contributed by atoms with E-state index in [0.717, 1.165) is 11.3 Å². The first-order valence-electron chi connectivity index (χ1n) is 5.33. The number of phenols is 2. The van der Waals surface area contributed by atoms with Crippen LogP contribution in [0.1, 0.15) is 11.1 Å². The molecule has 0 saturated heterocycles. The van der Waals surface area contributed by atoms with Crippen LogP contribution in [-0.4, -0.2) is 17.3 Å². The van der Waals surface area contributed by atoms with Crippen molar-refractivity contribution in [3.8, 4) is 17.2 Å². The van der Waals surface area contributed by atoms with E-state index in [1.165, 1.54) is 12.1 Å². The van der Waals surface area contributed by atoms with E-state index in [0.29, 0.717) is 12.0 Å². The van der Waals surface area contributed by atoms with Crippen LogP contribution in [0, 0.1) is 0 Å². The minimum Gasteiger partial charge on any atom is -0.508 e. The van der Waals surface area contributed by atoms with E-state index in [1.807, 2.05) is 24.3 Å². The molecule has 2 aromatic rings. The highest BCUT2D eigenvalue weighted by atomic mass is 16.5. The predicted octanol–water partition coefficient (Wildman–Crippen LogP) is 2.70. The molecule has 3 heteroatoms. The topological polar surface area (TPSA) is 49.7 Å². The van der Waals surface area contributed by atoms with Gasteiger partial charge in [-0.15, -0.1) is 0 Å². The summed E-state index contributed by atoms with van der Waals surface area (Å²) in [5.41, 5.74) is 1.75. The Kier molecular flexibility index (Phi) is 3.19. The molecule has 0 aliphatic heterocycles. The van der Waals surface area contributed by atoms with Crippen LogP contribution in [0.2, 0.25) is 0 Å². The number of phenolic OH excluding ortho intramolecular Hbond substituents is 2. The largest absolute Gasteiger partial charge is 0.508 e. The lowest BCUT2D eigenvalue weighted by atomic mass is 10.0. The Hall–Kier alpha value is -2.16. The fourth-order valence-corrected chi connectivity index (χ4v) is 1.68. The molecular weight excluding hydrogens is 216 g/mol. The van der Waals surface area contributed by atoms with E-state index in [-0.39, 0.29) is 11.5 Å². The fraction of sp³-hybridized carbons (Fsp3) is 0.143. The summed E-state index contributed by atoms with van der Waals surface area (Å²) in [5, 5.41) is 19.0. The van der Waals surface area contributed by atoms with Gasteiger partial charge in [-0.05, 0) is 35.9 Å². The summed E-state index contributed by atoms with van der Waals surface area (Å²) < 4.78 is 5.07. The molecule has 0 bridgehead atoms. The second-order valence-electron chi connectivity index (χ2n) is 3.84. The number of benzene rings is 2. The highest BCUT2D eigenvalue weighted by Gasteiger charge is 2.04. The van der Waals surface area contributed by atoms with Gasteiger partial charge < -0.3 is 14.9 Å². The number of hydrogen-bond donors (Lipinski definition) is 2. The molecule has 0 aromatic heterocycles. The third-order valence-electron chi connectivity index (χ3n) is 2.62. The van der Waals surface area contributed by atoms with Crippen molar-refractivity contribution < 1.29 is 14.9 Å². The standard InChI is InChI=1S/C14H14O3/c1-17-13-5-2-10(3-6-13)8-11-9-12(15)4-7-14(11)16/h2-7,9,15-16H,8H2,1H3. The zero-order chi connectivity index (χ0) is 12.3. The molecule has 0 aliphatic carbocycles. The number of hydrogen-bond acceptors (Lipinski definition) is 3. The van der Waals surface area contributed by atoms with Gasteiger partial charge in [-0.2, -0.15) is 0 Å². The maximum Gasteiger partial charge on any atom is 0.119 e. The fourth-order valence-electron chi connectivity index (χ4n) is 1.68. The molecule has 2 N–H and O–H groups in total. The second kappa shape index (κ2) is 4.78. The monoisotopic (exact) mass is 230 g/mol. The molecule has 2 rings (SSSR count). The maximum atomic E-state index is 9.66. The van der Waals surface area contributed by atoms with Gasteiger partial charge in [0, 0.05) is 12.0 Å². The van der Waals surface area contributed by atoms with Gasteiger partial charge in [-0.1, -0.05) is 12.1 Å². The Morgan fingerprint density at radius 3 is 2.35 bits per heavy atom. The number of aromatic hydroxyl groups is 2. The first-order chi connectivity index (χ1) is 8.19. The molecule has 3 nitrogen and oxygen atoms in total. The molecule has 17 heavy (non-hydrogen) atoms. The third kappa shape index (κ3) is 2.69. The molecule has 0 amide bonds. The Morgan fingerprint density at radius 2 is 1.71 bits per heavy atom. The molecule has 88 valence electrons. The van der Waals surface area contributed by atoms with Crippen LogP contribution in [-0.2, 0) is 6.42 Å². The molecule has 0 atom stereocenters. The summed E-state index contributed by atoms with van der Waals surface area (Å²) in [6.07, 6.45) is 0.574. The minimum atomic E-state index is 0.159. The van der Waals surface area contributed by atoms with E-state index >= 15 is 0 Å². The second-order valence-corrected chi connectivity index (χ2v) is 3.84. The van der Waals surface area contributed by atoms with Crippen LogP contribution < -0.4 is 4.74 Å². The van der Waals surface area contributed by atoms with Crippen LogP contribution in [0.15, 0.2) is 42.5 Å². The lowest BCUT2D eigenvalue weighted by Gasteiger charge is -2.06. The van der Waals surface area contributed by atoms with Crippen LogP contribution in [0.4, 0.5) is 0 Å². The SMILES string of the molecule is COc1ccc(Cc2cc(O)ccc2O)cc1. The van der Waals surface area contributed by atoms with E-state index < -0.39 is 0 Å². The van der Waals surface area contributed by atoms with Crippen molar-refractivity contribution in [2.45, 2.75) is 6.42 Å². The van der Waals surface area contributed by atoms with Gasteiger partial charge in [-0.25, -0.2) is 0 Å². The normalized spacial score (nSPS) is 10.2. The summed E-state index contributed by atoms with van der Waals surface area (Å²) in [6.45, 7) is 0. The van der Waals surface area contributed by atoms with Crippen molar-refractivity contribution in [1.29, 1.82) is 0 Å². The first kappa shape index (κ1) is 11.3. The van der Waals surface area contributed by atoms with Gasteiger partial charge >= 0.3 is 0 Å². The van der Waals surface area contributed by atoms with Crippen molar-refractivity contribution in [1.82, 2.24) is 0 Å². The number of rotatable bonds is 3. The summed E-state index contributed by atoms with van der Waals surface area (Å²) in [6, 6.07) is 12.1. The quantitative estimate of drug-likeness (QED) is 0.797. The van der Waals surface area contributed by atoms with Gasteiger partial charge in [-0.3, -0.25) is 0 Å². The zero-order valence-electron chi connectivity index (χ0n) is 9.55. The van der Waals surface area contributed by atoms with Gasteiger partial charge in [0.25, 0.3) is 0 Å². The van der Waals surface area contributed by atoms with Crippen molar-refractivity contribution in [2.24, 2.45) is 0 Å². The van der Waals surface area contributed by atoms with Gasteiger partial charge in [0.05, 0.1) is 7.11 Å². The van der Waals surface area contributed by atoms with Crippen LogP contribution in [0.3, 0.4) is 0 Å². The van der Waals surface area contributed by atoms with E-state index in [2.05, 4.69) is 0 Å². The average Bonchev–Trinajstić information content (AvgIpc) is 2.35. The van der Waals surface area contributed by atoms with Crippen LogP contribution in [0.5, 0.6) is 17.2 Å². The van der Waals surface area contributed by atoms with Gasteiger partial charge in [0.1, 0.15) is 17.2 Å². The smallest absolute Gasteiger partial charge is 0.119 e. The Labute approximate surface area is 99.9 Å². The highest BCUT2D eigenvalue weighted by Crippen LogP contribution is 2.25. The molecule has 0 saturated carbocycles. The van der Waals surface area contributed by atoms with E-state index in [1.54, 1.807) is 13.2 Å².